The van der Waals surface area contributed by atoms with Gasteiger partial charge in [0.25, 0.3) is 0 Å². The number of benzene rings is 1. The maximum absolute atomic E-state index is 11.9. The molecule has 1 amide bonds. The quantitative estimate of drug-likeness (QED) is 0.764. The van der Waals surface area contributed by atoms with Gasteiger partial charge in [0, 0.05) is 17.6 Å². The van der Waals surface area contributed by atoms with Gasteiger partial charge in [0.15, 0.2) is 0 Å². The molecule has 1 aliphatic heterocycles. The fraction of sp³-hybridized carbons (Fsp3) is 0.650. The number of hydrogen-bond donors (Lipinski definition) is 2. The number of piperidine rings is 1. The second-order valence-electron chi connectivity index (χ2n) is 7.24. The van der Waals surface area contributed by atoms with E-state index >= 15 is 0 Å². The van der Waals surface area contributed by atoms with E-state index in [0.29, 0.717) is 12.2 Å². The highest BCUT2D eigenvalue weighted by Gasteiger charge is 2.39. The van der Waals surface area contributed by atoms with E-state index in [-0.39, 0.29) is 11.4 Å². The molecule has 2 fully saturated rings. The van der Waals surface area contributed by atoms with Crippen molar-refractivity contribution < 1.29 is 4.79 Å². The minimum Gasteiger partial charge on any atom is -0.326 e. The van der Waals surface area contributed by atoms with Crippen molar-refractivity contribution in [2.45, 2.75) is 63.3 Å². The van der Waals surface area contributed by atoms with Crippen molar-refractivity contribution in [2.24, 2.45) is 0 Å². The van der Waals surface area contributed by atoms with Crippen molar-refractivity contribution in [3.8, 4) is 0 Å². The topological polar surface area (TPSA) is 32.3 Å². The highest BCUT2D eigenvalue weighted by atomic mass is 32.1. The molecule has 0 aromatic heterocycles. The number of carbonyl (C=O) groups excluding carboxylic acids is 1. The molecule has 3 rings (SSSR count). The van der Waals surface area contributed by atoms with Gasteiger partial charge in [-0.2, -0.15) is 12.6 Å². The van der Waals surface area contributed by atoms with Crippen molar-refractivity contribution >= 4 is 24.2 Å². The van der Waals surface area contributed by atoms with Crippen LogP contribution in [0, 0.1) is 0 Å². The van der Waals surface area contributed by atoms with E-state index in [4.69, 9.17) is 0 Å². The van der Waals surface area contributed by atoms with Gasteiger partial charge in [0.2, 0.25) is 5.91 Å². The van der Waals surface area contributed by atoms with Gasteiger partial charge >= 0.3 is 0 Å². The molecule has 1 saturated heterocycles. The van der Waals surface area contributed by atoms with Crippen LogP contribution in [0.1, 0.15) is 63.4 Å². The van der Waals surface area contributed by atoms with Crippen LogP contribution in [-0.4, -0.2) is 29.6 Å². The molecule has 1 saturated carbocycles. The van der Waals surface area contributed by atoms with Crippen molar-refractivity contribution in [1.82, 2.24) is 4.90 Å². The number of thiol groups is 1. The van der Waals surface area contributed by atoms with E-state index in [1.807, 2.05) is 6.07 Å². The first-order valence-corrected chi connectivity index (χ1v) is 10.1. The van der Waals surface area contributed by atoms with Gasteiger partial charge in [0.1, 0.15) is 0 Å². The number of anilines is 1. The Bertz CT molecular complexity index is 548. The second-order valence-corrected chi connectivity index (χ2v) is 7.69. The summed E-state index contributed by atoms with van der Waals surface area (Å²) in [5.74, 6) is 0.640. The van der Waals surface area contributed by atoms with Gasteiger partial charge < -0.3 is 5.32 Å². The molecule has 0 radical (unpaired) electrons. The average Bonchev–Trinajstić information content (AvgIpc) is 2.63. The largest absolute Gasteiger partial charge is 0.326 e. The Morgan fingerprint density at radius 3 is 2.50 bits per heavy atom. The summed E-state index contributed by atoms with van der Waals surface area (Å²) in [4.78, 5) is 14.7. The van der Waals surface area contributed by atoms with Crippen LogP contribution in [0.4, 0.5) is 5.69 Å². The van der Waals surface area contributed by atoms with Crippen molar-refractivity contribution in [2.75, 3.05) is 24.2 Å². The molecule has 0 atom stereocenters. The molecule has 1 aliphatic carbocycles. The highest BCUT2D eigenvalue weighted by Crippen LogP contribution is 2.44. The van der Waals surface area contributed by atoms with Crippen LogP contribution in [0.2, 0.25) is 0 Å². The average molecular weight is 347 g/mol. The first kappa shape index (κ1) is 17.8. The van der Waals surface area contributed by atoms with E-state index in [1.54, 1.807) is 0 Å². The fourth-order valence-electron chi connectivity index (χ4n) is 4.46. The van der Waals surface area contributed by atoms with Gasteiger partial charge in [-0.1, -0.05) is 37.8 Å². The maximum atomic E-state index is 11.9. The number of likely N-dealkylation sites (tertiary alicyclic amines) is 1. The van der Waals surface area contributed by atoms with Gasteiger partial charge in [-0.25, -0.2) is 0 Å². The summed E-state index contributed by atoms with van der Waals surface area (Å²) in [6.45, 7) is 2.44. The van der Waals surface area contributed by atoms with Gasteiger partial charge in [-0.05, 0) is 62.2 Å². The van der Waals surface area contributed by atoms with Gasteiger partial charge in [-0.3, -0.25) is 9.69 Å². The molecule has 1 aromatic carbocycles. The normalized spacial score (nSPS) is 21.4. The zero-order chi connectivity index (χ0) is 16.8. The van der Waals surface area contributed by atoms with Crippen LogP contribution in [0.3, 0.4) is 0 Å². The van der Waals surface area contributed by atoms with Crippen molar-refractivity contribution in [3.05, 3.63) is 29.8 Å². The summed E-state index contributed by atoms with van der Waals surface area (Å²) in [6.07, 6.45) is 11.0. The first-order valence-electron chi connectivity index (χ1n) is 9.51. The molecule has 3 nitrogen and oxygen atoms in total. The standard InChI is InChI=1S/C20H30N2OS/c23-19(10-15-24)21-18-9-7-8-17(16-18)20(11-3-1-4-12-20)22-13-5-2-6-14-22/h7-9,16,24H,1-6,10-15H2,(H,21,23). The molecule has 1 aromatic rings. The van der Waals surface area contributed by atoms with Crippen LogP contribution in [0.15, 0.2) is 24.3 Å². The molecule has 0 unspecified atom stereocenters. The van der Waals surface area contributed by atoms with Crippen molar-refractivity contribution in [1.29, 1.82) is 0 Å². The van der Waals surface area contributed by atoms with Gasteiger partial charge in [0.05, 0.1) is 0 Å². The lowest BCUT2D eigenvalue weighted by atomic mass is 9.74. The molecule has 24 heavy (non-hydrogen) atoms. The number of carbonyl (C=O) groups is 1. The summed E-state index contributed by atoms with van der Waals surface area (Å²) in [7, 11) is 0. The monoisotopic (exact) mass is 346 g/mol. The third-order valence-corrected chi connectivity index (χ3v) is 5.89. The third kappa shape index (κ3) is 3.97. The number of nitrogens with zero attached hydrogens (tertiary/aromatic N) is 1. The highest BCUT2D eigenvalue weighted by molar-refractivity contribution is 7.80. The minimum atomic E-state index is 0.0535. The second kappa shape index (κ2) is 8.39. The van der Waals surface area contributed by atoms with Crippen LogP contribution < -0.4 is 5.32 Å². The molecule has 132 valence electrons. The molecule has 4 heteroatoms. The van der Waals surface area contributed by atoms with E-state index in [2.05, 4.69) is 41.0 Å². The Hall–Kier alpha value is -1.00. The zero-order valence-electron chi connectivity index (χ0n) is 14.6. The zero-order valence-corrected chi connectivity index (χ0v) is 15.5. The summed E-state index contributed by atoms with van der Waals surface area (Å²) in [5.41, 5.74) is 2.51. The van der Waals surface area contributed by atoms with Crippen molar-refractivity contribution in [3.63, 3.8) is 0 Å². The number of amides is 1. The summed E-state index contributed by atoms with van der Waals surface area (Å²) in [5, 5.41) is 3.04. The molecule has 1 N–H and O–H groups in total. The molecule has 0 spiro atoms. The molecule has 1 heterocycles. The molecule has 0 bridgehead atoms. The summed E-state index contributed by atoms with van der Waals surface area (Å²) < 4.78 is 0. The Morgan fingerprint density at radius 2 is 1.79 bits per heavy atom. The predicted molar refractivity (Wildman–Crippen MR) is 104 cm³/mol. The lowest BCUT2D eigenvalue weighted by molar-refractivity contribution is -0.115. The summed E-state index contributed by atoms with van der Waals surface area (Å²) >= 11 is 4.14. The smallest absolute Gasteiger partial charge is 0.225 e. The number of hydrogen-bond acceptors (Lipinski definition) is 3. The van der Waals surface area contributed by atoms with Gasteiger partial charge in [-0.15, -0.1) is 0 Å². The van der Waals surface area contributed by atoms with E-state index in [1.165, 1.54) is 70.0 Å². The predicted octanol–water partition coefficient (Wildman–Crippen LogP) is 4.59. The Morgan fingerprint density at radius 1 is 1.08 bits per heavy atom. The van der Waals surface area contributed by atoms with Crippen LogP contribution >= 0.6 is 12.6 Å². The van der Waals surface area contributed by atoms with E-state index in [9.17, 15) is 4.79 Å². The minimum absolute atomic E-state index is 0.0535. The molecular weight excluding hydrogens is 316 g/mol. The first-order chi connectivity index (χ1) is 11.7. The number of nitrogens with one attached hydrogen (secondary N) is 1. The van der Waals surface area contributed by atoms with Crippen LogP contribution in [-0.2, 0) is 10.3 Å². The SMILES string of the molecule is O=C(CCS)Nc1cccc(C2(N3CCCCC3)CCCCC2)c1. The summed E-state index contributed by atoms with van der Waals surface area (Å²) in [6, 6.07) is 8.60. The lowest BCUT2D eigenvalue weighted by Crippen LogP contribution is -2.49. The van der Waals surface area contributed by atoms with E-state index < -0.39 is 0 Å². The molecule has 2 aliphatic rings. The maximum Gasteiger partial charge on any atom is 0.225 e. The Kier molecular flexibility index (Phi) is 6.23. The Balaban J connectivity index is 1.85. The fourth-order valence-corrected chi connectivity index (χ4v) is 4.66. The molecular formula is C20H30N2OS. The number of rotatable bonds is 5. The Labute approximate surface area is 151 Å². The van der Waals surface area contributed by atoms with Crippen LogP contribution in [0.25, 0.3) is 0 Å². The van der Waals surface area contributed by atoms with E-state index in [0.717, 1.165) is 5.69 Å². The van der Waals surface area contributed by atoms with Crippen LogP contribution in [0.5, 0.6) is 0 Å². The lowest BCUT2D eigenvalue weighted by Gasteiger charge is -2.49. The third-order valence-electron chi connectivity index (χ3n) is 5.66.